The number of hydrogen-bond acceptors (Lipinski definition) is 8. The predicted octanol–water partition coefficient (Wildman–Crippen LogP) is 4.22. The lowest BCUT2D eigenvalue weighted by atomic mass is 9.91. The summed E-state index contributed by atoms with van der Waals surface area (Å²) in [5, 5.41) is 11.0. The molecule has 0 spiro atoms. The maximum Gasteiger partial charge on any atom is 0.337 e. The molecule has 1 atom stereocenters. The van der Waals surface area contributed by atoms with Crippen LogP contribution in [-0.2, 0) is 11.2 Å². The van der Waals surface area contributed by atoms with Crippen molar-refractivity contribution >= 4 is 17.6 Å². The molecule has 0 aromatic heterocycles. The Morgan fingerprint density at radius 2 is 1.57 bits per heavy atom. The van der Waals surface area contributed by atoms with Gasteiger partial charge in [0.05, 0.1) is 37.9 Å². The van der Waals surface area contributed by atoms with Crippen LogP contribution in [0, 0.1) is 10.1 Å². The fourth-order valence-electron chi connectivity index (χ4n) is 4.32. The fourth-order valence-corrected chi connectivity index (χ4v) is 4.32. The number of ether oxygens (including phenoxy) is 4. The van der Waals surface area contributed by atoms with Crippen molar-refractivity contribution in [3.8, 4) is 17.2 Å². The smallest absolute Gasteiger partial charge is 0.337 e. The predicted molar refractivity (Wildman–Crippen MR) is 133 cm³/mol. The number of esters is 1. The van der Waals surface area contributed by atoms with Crippen molar-refractivity contribution in [2.75, 3.05) is 34.5 Å². The highest BCUT2D eigenvalue weighted by atomic mass is 16.6. The van der Waals surface area contributed by atoms with E-state index in [-0.39, 0.29) is 18.2 Å². The van der Waals surface area contributed by atoms with Crippen molar-refractivity contribution in [1.29, 1.82) is 0 Å². The lowest BCUT2D eigenvalue weighted by Gasteiger charge is -2.37. The van der Waals surface area contributed by atoms with Crippen LogP contribution in [0.5, 0.6) is 17.2 Å². The van der Waals surface area contributed by atoms with Crippen LogP contribution in [0.1, 0.15) is 37.9 Å². The number of carbonyl (C=O) groups excluding carboxylic acids is 2. The van der Waals surface area contributed by atoms with E-state index in [1.54, 1.807) is 43.4 Å². The van der Waals surface area contributed by atoms with Gasteiger partial charge in [-0.15, -0.1) is 0 Å². The molecule has 1 amide bonds. The van der Waals surface area contributed by atoms with Gasteiger partial charge in [0.1, 0.15) is 12.4 Å². The molecule has 3 aromatic rings. The fraction of sp³-hybridized carbons (Fsp3) is 0.259. The normalized spacial score (nSPS) is 14.4. The third-order valence-corrected chi connectivity index (χ3v) is 6.27. The zero-order valence-electron chi connectivity index (χ0n) is 20.6. The summed E-state index contributed by atoms with van der Waals surface area (Å²) in [5.74, 6) is 0.911. The van der Waals surface area contributed by atoms with Crippen LogP contribution in [0.15, 0.2) is 60.7 Å². The van der Waals surface area contributed by atoms with Gasteiger partial charge in [-0.05, 0) is 66.1 Å². The zero-order valence-corrected chi connectivity index (χ0v) is 20.6. The van der Waals surface area contributed by atoms with E-state index in [1.165, 1.54) is 31.4 Å². The molecule has 0 saturated heterocycles. The van der Waals surface area contributed by atoms with Crippen molar-refractivity contribution in [2.24, 2.45) is 0 Å². The maximum absolute atomic E-state index is 13.5. The van der Waals surface area contributed by atoms with Gasteiger partial charge in [0.15, 0.2) is 11.5 Å². The number of methoxy groups -OCH3 is 3. The SMILES string of the molecule is COC(=O)c1ccc(OC[C@@H]2c3cc(OC)c(OC)cc3CCN2C(=O)c2ccc([N+](=O)[O-])cc2)cc1. The first-order valence-corrected chi connectivity index (χ1v) is 11.5. The molecule has 1 aliphatic heterocycles. The molecule has 0 saturated carbocycles. The summed E-state index contributed by atoms with van der Waals surface area (Å²) in [5.41, 5.74) is 2.49. The number of carbonyl (C=O) groups is 2. The van der Waals surface area contributed by atoms with E-state index in [9.17, 15) is 19.7 Å². The maximum atomic E-state index is 13.5. The molecule has 0 radical (unpaired) electrons. The van der Waals surface area contributed by atoms with E-state index >= 15 is 0 Å². The molecule has 10 heteroatoms. The number of hydrogen-bond donors (Lipinski definition) is 0. The number of rotatable bonds is 8. The molecule has 37 heavy (non-hydrogen) atoms. The number of non-ortho nitro benzene ring substituents is 1. The summed E-state index contributed by atoms with van der Waals surface area (Å²) in [7, 11) is 4.42. The molecule has 0 N–H and O–H groups in total. The van der Waals surface area contributed by atoms with Crippen LogP contribution < -0.4 is 14.2 Å². The molecule has 0 bridgehead atoms. The van der Waals surface area contributed by atoms with Crippen molar-refractivity contribution in [1.82, 2.24) is 4.90 Å². The second-order valence-electron chi connectivity index (χ2n) is 8.30. The monoisotopic (exact) mass is 506 g/mol. The van der Waals surface area contributed by atoms with Crippen LogP contribution in [0.4, 0.5) is 5.69 Å². The Morgan fingerprint density at radius 3 is 2.16 bits per heavy atom. The minimum absolute atomic E-state index is 0.0901. The van der Waals surface area contributed by atoms with Crippen LogP contribution in [-0.4, -0.2) is 56.2 Å². The highest BCUT2D eigenvalue weighted by molar-refractivity contribution is 5.95. The quantitative estimate of drug-likeness (QED) is 0.253. The number of nitro benzene ring substituents is 1. The van der Waals surface area contributed by atoms with Gasteiger partial charge in [-0.2, -0.15) is 0 Å². The third kappa shape index (κ3) is 5.32. The van der Waals surface area contributed by atoms with Crippen LogP contribution in [0.2, 0.25) is 0 Å². The Kier molecular flexibility index (Phi) is 7.57. The molecule has 0 fully saturated rings. The minimum Gasteiger partial charge on any atom is -0.493 e. The highest BCUT2D eigenvalue weighted by Gasteiger charge is 2.33. The number of nitrogens with zero attached hydrogens (tertiary/aromatic N) is 2. The molecule has 1 heterocycles. The van der Waals surface area contributed by atoms with Crippen LogP contribution in [0.3, 0.4) is 0 Å². The van der Waals surface area contributed by atoms with E-state index in [4.69, 9.17) is 18.9 Å². The standard InChI is InChI=1S/C27H26N2O8/c1-34-24-14-19-12-13-28(26(30)17-4-8-20(9-5-17)29(32)33)23(22(19)15-25(24)35-2)16-37-21-10-6-18(7-11-21)27(31)36-3/h4-11,14-15,23H,12-13,16H2,1-3H3/t23-/m1/s1. The van der Waals surface area contributed by atoms with Crippen molar-refractivity contribution in [3.05, 3.63) is 93.0 Å². The summed E-state index contributed by atoms with van der Waals surface area (Å²) in [6.07, 6.45) is 0.582. The minimum atomic E-state index is -0.507. The second kappa shape index (κ2) is 11.0. The van der Waals surface area contributed by atoms with E-state index < -0.39 is 16.9 Å². The van der Waals surface area contributed by atoms with Crippen LogP contribution >= 0.6 is 0 Å². The Labute approximate surface area is 213 Å². The largest absolute Gasteiger partial charge is 0.493 e. The molecule has 0 aliphatic carbocycles. The lowest BCUT2D eigenvalue weighted by Crippen LogP contribution is -2.42. The summed E-state index contributed by atoms with van der Waals surface area (Å²) in [6.45, 7) is 0.534. The summed E-state index contributed by atoms with van der Waals surface area (Å²) >= 11 is 0. The Morgan fingerprint density at radius 1 is 0.946 bits per heavy atom. The van der Waals surface area contributed by atoms with Crippen molar-refractivity contribution < 1.29 is 33.5 Å². The summed E-state index contributed by atoms with van der Waals surface area (Å²) in [4.78, 5) is 37.5. The van der Waals surface area contributed by atoms with Gasteiger partial charge in [0.2, 0.25) is 0 Å². The molecule has 4 rings (SSSR count). The topological polar surface area (TPSA) is 117 Å². The van der Waals surface area contributed by atoms with E-state index in [0.29, 0.717) is 41.3 Å². The van der Waals surface area contributed by atoms with Gasteiger partial charge in [-0.1, -0.05) is 0 Å². The van der Waals surface area contributed by atoms with Crippen molar-refractivity contribution in [2.45, 2.75) is 12.5 Å². The molecule has 10 nitrogen and oxygen atoms in total. The molecular formula is C27H26N2O8. The number of benzene rings is 3. The van der Waals surface area contributed by atoms with E-state index in [1.807, 2.05) is 12.1 Å². The molecular weight excluding hydrogens is 480 g/mol. The van der Waals surface area contributed by atoms with E-state index in [2.05, 4.69) is 0 Å². The van der Waals surface area contributed by atoms with Gasteiger partial charge >= 0.3 is 5.97 Å². The first kappa shape index (κ1) is 25.5. The van der Waals surface area contributed by atoms with Gasteiger partial charge in [-0.3, -0.25) is 14.9 Å². The van der Waals surface area contributed by atoms with E-state index in [0.717, 1.165) is 11.1 Å². The number of nitro groups is 1. The molecule has 0 unspecified atom stereocenters. The first-order valence-electron chi connectivity index (χ1n) is 11.5. The van der Waals surface area contributed by atoms with Gasteiger partial charge in [-0.25, -0.2) is 4.79 Å². The number of amides is 1. The average Bonchev–Trinajstić information content (AvgIpc) is 2.94. The summed E-state index contributed by atoms with van der Waals surface area (Å²) < 4.78 is 21.7. The number of fused-ring (bicyclic) bond motifs is 1. The van der Waals surface area contributed by atoms with Gasteiger partial charge in [0.25, 0.3) is 11.6 Å². The van der Waals surface area contributed by atoms with Crippen molar-refractivity contribution in [3.63, 3.8) is 0 Å². The Bertz CT molecular complexity index is 1310. The van der Waals surface area contributed by atoms with Gasteiger partial charge < -0.3 is 23.8 Å². The molecule has 192 valence electrons. The zero-order chi connectivity index (χ0) is 26.5. The van der Waals surface area contributed by atoms with Crippen LogP contribution in [0.25, 0.3) is 0 Å². The highest BCUT2D eigenvalue weighted by Crippen LogP contribution is 2.39. The average molecular weight is 507 g/mol. The molecule has 1 aliphatic rings. The Balaban J connectivity index is 1.66. The third-order valence-electron chi connectivity index (χ3n) is 6.27. The second-order valence-corrected chi connectivity index (χ2v) is 8.30. The lowest BCUT2D eigenvalue weighted by molar-refractivity contribution is -0.384. The summed E-state index contributed by atoms with van der Waals surface area (Å²) in [6, 6.07) is 15.3. The molecule has 3 aromatic carbocycles. The van der Waals surface area contributed by atoms with Gasteiger partial charge in [0, 0.05) is 24.2 Å². The first-order chi connectivity index (χ1) is 17.9. The Hall–Kier alpha value is -4.60.